The minimum absolute atomic E-state index is 0.256. The van der Waals surface area contributed by atoms with Gasteiger partial charge < -0.3 is 0 Å². The predicted octanol–water partition coefficient (Wildman–Crippen LogP) is 3.14. The van der Waals surface area contributed by atoms with Crippen LogP contribution in [-0.2, 0) is 19.4 Å². The van der Waals surface area contributed by atoms with Crippen LogP contribution < -0.4 is 0 Å². The quantitative estimate of drug-likeness (QED) is 0.759. The maximum atomic E-state index is 4.60. The molecule has 1 aromatic rings. The van der Waals surface area contributed by atoms with E-state index in [2.05, 4.69) is 55.1 Å². The van der Waals surface area contributed by atoms with E-state index in [1.54, 1.807) is 0 Å². The molecular formula is C13H25N3S. The molecule has 0 N–H and O–H groups in total. The number of nitrogens with zero attached hydrogens (tertiary/aromatic N) is 3. The molecule has 0 radical (unpaired) electrons. The number of aromatic nitrogens is 3. The zero-order chi connectivity index (χ0) is 12.9. The van der Waals surface area contributed by atoms with Gasteiger partial charge in [0.05, 0.1) is 0 Å². The van der Waals surface area contributed by atoms with Gasteiger partial charge in [-0.1, -0.05) is 27.7 Å². The van der Waals surface area contributed by atoms with Crippen LogP contribution in [0.2, 0.25) is 0 Å². The zero-order valence-corrected chi connectivity index (χ0v) is 12.4. The van der Waals surface area contributed by atoms with Crippen LogP contribution in [0.5, 0.6) is 0 Å². The summed E-state index contributed by atoms with van der Waals surface area (Å²) in [5.41, 5.74) is 0.256. The van der Waals surface area contributed by atoms with Gasteiger partial charge in [0.2, 0.25) is 0 Å². The van der Waals surface area contributed by atoms with Gasteiger partial charge in [0.25, 0.3) is 0 Å². The molecule has 1 rings (SSSR count). The van der Waals surface area contributed by atoms with Crippen LogP contribution in [0.15, 0.2) is 0 Å². The molecule has 1 aromatic heterocycles. The highest BCUT2D eigenvalue weighted by Gasteiger charge is 2.26. The monoisotopic (exact) mass is 255 g/mol. The summed E-state index contributed by atoms with van der Waals surface area (Å²) in [6, 6.07) is 0. The van der Waals surface area contributed by atoms with E-state index in [4.69, 9.17) is 0 Å². The Bertz CT molecular complexity index is 334. The molecule has 98 valence electrons. The summed E-state index contributed by atoms with van der Waals surface area (Å²) in [5, 5.41) is 4.60. The highest BCUT2D eigenvalue weighted by molar-refractivity contribution is 7.80. The summed E-state index contributed by atoms with van der Waals surface area (Å²) < 4.78 is 2.10. The molecule has 0 saturated heterocycles. The molecule has 17 heavy (non-hydrogen) atoms. The summed E-state index contributed by atoms with van der Waals surface area (Å²) in [7, 11) is 0. The summed E-state index contributed by atoms with van der Waals surface area (Å²) in [6.45, 7) is 9.66. The smallest absolute Gasteiger partial charge is 0.150 e. The maximum Gasteiger partial charge on any atom is 0.150 e. The highest BCUT2D eigenvalue weighted by Crippen LogP contribution is 2.30. The lowest BCUT2D eigenvalue weighted by atomic mass is 9.84. The lowest BCUT2D eigenvalue weighted by Crippen LogP contribution is -2.29. The molecule has 0 aliphatic heterocycles. The van der Waals surface area contributed by atoms with E-state index in [1.165, 1.54) is 0 Å². The van der Waals surface area contributed by atoms with Crippen LogP contribution in [-0.4, -0.2) is 20.5 Å². The normalized spacial score (nSPS) is 12.1. The average molecular weight is 255 g/mol. The molecule has 0 fully saturated rings. The first-order valence-electron chi connectivity index (χ1n) is 6.68. The number of aryl methyl sites for hydroxylation is 2. The van der Waals surface area contributed by atoms with Crippen molar-refractivity contribution in [1.82, 2.24) is 14.8 Å². The standard InChI is InChI=1S/C13H25N3S/c1-5-11-14-12(6-2)16(15-11)9-13(7-3,8-4)10-17/h17H,5-10H2,1-4H3. The van der Waals surface area contributed by atoms with Crippen molar-refractivity contribution in [2.24, 2.45) is 5.41 Å². The van der Waals surface area contributed by atoms with Crippen molar-refractivity contribution in [2.75, 3.05) is 5.75 Å². The van der Waals surface area contributed by atoms with Gasteiger partial charge >= 0.3 is 0 Å². The minimum Gasteiger partial charge on any atom is -0.249 e. The van der Waals surface area contributed by atoms with E-state index in [9.17, 15) is 0 Å². The minimum atomic E-state index is 0.256. The van der Waals surface area contributed by atoms with E-state index >= 15 is 0 Å². The summed E-state index contributed by atoms with van der Waals surface area (Å²) >= 11 is 4.52. The Balaban J connectivity index is 2.95. The number of hydrogen-bond acceptors (Lipinski definition) is 3. The Morgan fingerprint density at radius 1 is 1.12 bits per heavy atom. The van der Waals surface area contributed by atoms with Crippen LogP contribution >= 0.6 is 12.6 Å². The van der Waals surface area contributed by atoms with E-state index in [0.29, 0.717) is 0 Å². The number of hydrogen-bond donors (Lipinski definition) is 1. The number of rotatable bonds is 7. The Kier molecular flexibility index (Phi) is 5.50. The molecule has 0 unspecified atom stereocenters. The third-order valence-electron chi connectivity index (χ3n) is 3.75. The fourth-order valence-corrected chi connectivity index (χ4v) is 2.58. The van der Waals surface area contributed by atoms with Crippen LogP contribution in [0.25, 0.3) is 0 Å². The largest absolute Gasteiger partial charge is 0.249 e. The van der Waals surface area contributed by atoms with Gasteiger partial charge in [0, 0.05) is 19.4 Å². The lowest BCUT2D eigenvalue weighted by Gasteiger charge is -2.30. The molecule has 0 bridgehead atoms. The van der Waals surface area contributed by atoms with Crippen LogP contribution in [0.1, 0.15) is 52.2 Å². The predicted molar refractivity (Wildman–Crippen MR) is 75.6 cm³/mol. The van der Waals surface area contributed by atoms with Gasteiger partial charge in [0.15, 0.2) is 5.82 Å². The Morgan fingerprint density at radius 2 is 1.76 bits per heavy atom. The van der Waals surface area contributed by atoms with Gasteiger partial charge in [0.1, 0.15) is 5.82 Å². The third kappa shape index (κ3) is 3.24. The Labute approximate surface area is 110 Å². The molecule has 0 aliphatic rings. The fourth-order valence-electron chi connectivity index (χ4n) is 2.03. The van der Waals surface area contributed by atoms with E-state index in [0.717, 1.165) is 49.6 Å². The van der Waals surface area contributed by atoms with Crippen molar-refractivity contribution in [3.05, 3.63) is 11.6 Å². The molecule has 3 nitrogen and oxygen atoms in total. The first kappa shape index (κ1) is 14.6. The van der Waals surface area contributed by atoms with Gasteiger partial charge in [-0.05, 0) is 24.0 Å². The average Bonchev–Trinajstić information content (AvgIpc) is 2.78. The molecule has 0 saturated carbocycles. The van der Waals surface area contributed by atoms with Crippen molar-refractivity contribution in [3.63, 3.8) is 0 Å². The van der Waals surface area contributed by atoms with E-state index in [1.807, 2.05) is 0 Å². The maximum absolute atomic E-state index is 4.60. The first-order chi connectivity index (χ1) is 8.14. The number of thiol groups is 1. The fraction of sp³-hybridized carbons (Fsp3) is 0.846. The molecule has 0 aromatic carbocycles. The molecule has 0 atom stereocenters. The second-order valence-electron chi connectivity index (χ2n) is 4.67. The molecule has 0 spiro atoms. The van der Waals surface area contributed by atoms with Crippen LogP contribution in [0, 0.1) is 5.41 Å². The Morgan fingerprint density at radius 3 is 2.18 bits per heavy atom. The van der Waals surface area contributed by atoms with Gasteiger partial charge in [-0.25, -0.2) is 9.67 Å². The van der Waals surface area contributed by atoms with Gasteiger partial charge in [-0.2, -0.15) is 17.7 Å². The van der Waals surface area contributed by atoms with Gasteiger partial charge in [-0.3, -0.25) is 0 Å². The van der Waals surface area contributed by atoms with Crippen molar-refractivity contribution in [2.45, 2.75) is 59.9 Å². The molecule has 0 amide bonds. The van der Waals surface area contributed by atoms with Gasteiger partial charge in [-0.15, -0.1) is 0 Å². The van der Waals surface area contributed by atoms with E-state index < -0.39 is 0 Å². The van der Waals surface area contributed by atoms with Crippen molar-refractivity contribution >= 4 is 12.6 Å². The summed E-state index contributed by atoms with van der Waals surface area (Å²) in [5.74, 6) is 2.97. The summed E-state index contributed by atoms with van der Waals surface area (Å²) in [6.07, 6.45) is 4.13. The molecule has 0 aliphatic carbocycles. The SMILES string of the molecule is CCc1nc(CC)n(CC(CC)(CC)CS)n1. The topological polar surface area (TPSA) is 30.7 Å². The summed E-state index contributed by atoms with van der Waals surface area (Å²) in [4.78, 5) is 4.56. The zero-order valence-electron chi connectivity index (χ0n) is 11.5. The van der Waals surface area contributed by atoms with Crippen molar-refractivity contribution in [1.29, 1.82) is 0 Å². The van der Waals surface area contributed by atoms with Crippen molar-refractivity contribution in [3.8, 4) is 0 Å². The second kappa shape index (κ2) is 6.43. The third-order valence-corrected chi connectivity index (χ3v) is 4.42. The van der Waals surface area contributed by atoms with Crippen LogP contribution in [0.3, 0.4) is 0 Å². The van der Waals surface area contributed by atoms with Crippen molar-refractivity contribution < 1.29 is 0 Å². The second-order valence-corrected chi connectivity index (χ2v) is 4.99. The van der Waals surface area contributed by atoms with E-state index in [-0.39, 0.29) is 5.41 Å². The molecular weight excluding hydrogens is 230 g/mol. The highest BCUT2D eigenvalue weighted by atomic mass is 32.1. The molecule has 1 heterocycles. The Hall–Kier alpha value is -0.510. The lowest BCUT2D eigenvalue weighted by molar-refractivity contribution is 0.242. The molecule has 4 heteroatoms. The van der Waals surface area contributed by atoms with Crippen LogP contribution in [0.4, 0.5) is 0 Å². The first-order valence-corrected chi connectivity index (χ1v) is 7.31.